The quantitative estimate of drug-likeness (QED) is 0.762. The van der Waals surface area contributed by atoms with Crippen LogP contribution in [-0.2, 0) is 11.3 Å². The summed E-state index contributed by atoms with van der Waals surface area (Å²) in [6, 6.07) is 5.90. The predicted molar refractivity (Wildman–Crippen MR) is 94.1 cm³/mol. The van der Waals surface area contributed by atoms with E-state index in [-0.39, 0.29) is 6.09 Å². The summed E-state index contributed by atoms with van der Waals surface area (Å²) in [6.07, 6.45) is 1.88. The van der Waals surface area contributed by atoms with Crippen molar-refractivity contribution in [1.29, 1.82) is 0 Å². The van der Waals surface area contributed by atoms with Crippen molar-refractivity contribution < 1.29 is 9.53 Å². The first-order chi connectivity index (χ1) is 10.8. The molecule has 0 aliphatic heterocycles. The van der Waals surface area contributed by atoms with Gasteiger partial charge in [-0.1, -0.05) is 35.3 Å². The average molecular weight is 359 g/mol. The standard InChI is InChI=1S/C17H24Cl2N2O2/c1-17(2,3)23-16(22)21(13-7-8-13)10-9-20-11-12-5-4-6-14(18)15(12)19/h4-6,13,20H,7-11H2,1-3H3. The first-order valence-electron chi connectivity index (χ1n) is 7.91. The second-order valence-corrected chi connectivity index (χ2v) is 7.58. The van der Waals surface area contributed by atoms with E-state index >= 15 is 0 Å². The van der Waals surface area contributed by atoms with Gasteiger partial charge >= 0.3 is 6.09 Å². The highest BCUT2D eigenvalue weighted by atomic mass is 35.5. The number of hydrogen-bond acceptors (Lipinski definition) is 3. The SMILES string of the molecule is CC(C)(C)OC(=O)N(CCNCc1cccc(Cl)c1Cl)C1CC1. The van der Waals surface area contributed by atoms with Crippen LogP contribution in [0, 0.1) is 0 Å². The normalized spacial score (nSPS) is 14.7. The number of ether oxygens (including phenoxy) is 1. The third kappa shape index (κ3) is 5.87. The molecule has 1 fully saturated rings. The fraction of sp³-hybridized carbons (Fsp3) is 0.588. The zero-order valence-corrected chi connectivity index (χ0v) is 15.4. The lowest BCUT2D eigenvalue weighted by Gasteiger charge is -2.27. The summed E-state index contributed by atoms with van der Waals surface area (Å²) in [5, 5.41) is 4.44. The number of benzene rings is 1. The molecular weight excluding hydrogens is 335 g/mol. The van der Waals surface area contributed by atoms with Crippen molar-refractivity contribution in [3.63, 3.8) is 0 Å². The first-order valence-corrected chi connectivity index (χ1v) is 8.67. The molecule has 0 spiro atoms. The maximum absolute atomic E-state index is 12.2. The van der Waals surface area contributed by atoms with Gasteiger partial charge in [-0.25, -0.2) is 4.79 Å². The van der Waals surface area contributed by atoms with Crippen LogP contribution < -0.4 is 5.32 Å². The molecule has 1 aliphatic rings. The molecule has 23 heavy (non-hydrogen) atoms. The lowest BCUT2D eigenvalue weighted by molar-refractivity contribution is 0.0236. The number of nitrogens with zero attached hydrogens (tertiary/aromatic N) is 1. The maximum Gasteiger partial charge on any atom is 0.410 e. The number of nitrogens with one attached hydrogen (secondary N) is 1. The van der Waals surface area contributed by atoms with Gasteiger partial charge in [0.25, 0.3) is 0 Å². The Balaban J connectivity index is 1.81. The third-order valence-corrected chi connectivity index (χ3v) is 4.35. The summed E-state index contributed by atoms with van der Waals surface area (Å²) in [5.41, 5.74) is 0.487. The topological polar surface area (TPSA) is 41.6 Å². The minimum absolute atomic E-state index is 0.234. The van der Waals surface area contributed by atoms with Crippen molar-refractivity contribution in [1.82, 2.24) is 10.2 Å². The molecule has 0 aromatic heterocycles. The summed E-state index contributed by atoms with van der Waals surface area (Å²) in [4.78, 5) is 14.1. The first kappa shape index (κ1) is 18.4. The molecule has 1 aromatic carbocycles. The van der Waals surface area contributed by atoms with Crippen LogP contribution in [0.4, 0.5) is 4.79 Å². The van der Waals surface area contributed by atoms with Crippen molar-refractivity contribution >= 4 is 29.3 Å². The molecule has 6 heteroatoms. The van der Waals surface area contributed by atoms with Crippen molar-refractivity contribution in [3.05, 3.63) is 33.8 Å². The molecule has 1 saturated carbocycles. The Labute approximate surface area is 148 Å². The van der Waals surface area contributed by atoms with Crippen LogP contribution in [0.3, 0.4) is 0 Å². The van der Waals surface area contributed by atoms with Crippen LogP contribution in [0.25, 0.3) is 0 Å². The second kappa shape index (κ2) is 7.73. The third-order valence-electron chi connectivity index (χ3n) is 3.49. The molecule has 0 radical (unpaired) electrons. The van der Waals surface area contributed by atoms with E-state index in [0.29, 0.717) is 35.7 Å². The van der Waals surface area contributed by atoms with E-state index in [2.05, 4.69) is 5.32 Å². The summed E-state index contributed by atoms with van der Waals surface area (Å²) < 4.78 is 5.47. The molecular formula is C17H24Cl2N2O2. The molecule has 0 saturated heterocycles. The zero-order valence-electron chi connectivity index (χ0n) is 13.9. The largest absolute Gasteiger partial charge is 0.444 e. The van der Waals surface area contributed by atoms with E-state index < -0.39 is 5.60 Å². The van der Waals surface area contributed by atoms with E-state index in [1.807, 2.05) is 37.8 Å². The van der Waals surface area contributed by atoms with Crippen LogP contribution in [0.5, 0.6) is 0 Å². The van der Waals surface area contributed by atoms with Crippen LogP contribution in [-0.4, -0.2) is 35.7 Å². The molecule has 2 rings (SSSR count). The molecule has 1 N–H and O–H groups in total. The fourth-order valence-electron chi connectivity index (χ4n) is 2.24. The van der Waals surface area contributed by atoms with Gasteiger partial charge in [0.1, 0.15) is 5.60 Å². The number of amides is 1. The molecule has 0 atom stereocenters. The van der Waals surface area contributed by atoms with Crippen molar-refractivity contribution in [2.75, 3.05) is 13.1 Å². The molecule has 0 heterocycles. The molecule has 1 aliphatic carbocycles. The lowest BCUT2D eigenvalue weighted by atomic mass is 10.2. The molecule has 0 unspecified atom stereocenters. The summed E-state index contributed by atoms with van der Waals surface area (Å²) in [7, 11) is 0. The Kier molecular flexibility index (Phi) is 6.18. The summed E-state index contributed by atoms with van der Waals surface area (Å²) in [6.45, 7) is 7.57. The van der Waals surface area contributed by atoms with Crippen LogP contribution in [0.15, 0.2) is 18.2 Å². The summed E-state index contributed by atoms with van der Waals surface area (Å²) >= 11 is 12.2. The Morgan fingerprint density at radius 2 is 2.04 bits per heavy atom. The van der Waals surface area contributed by atoms with Crippen molar-refractivity contribution in [2.45, 2.75) is 51.8 Å². The Morgan fingerprint density at radius 3 is 2.65 bits per heavy atom. The highest BCUT2D eigenvalue weighted by Crippen LogP contribution is 2.28. The Hall–Kier alpha value is -0.970. The highest BCUT2D eigenvalue weighted by Gasteiger charge is 2.34. The minimum Gasteiger partial charge on any atom is -0.444 e. The van der Waals surface area contributed by atoms with Crippen LogP contribution in [0.2, 0.25) is 10.0 Å². The van der Waals surface area contributed by atoms with Gasteiger partial charge < -0.3 is 15.0 Å². The van der Waals surface area contributed by atoms with E-state index in [4.69, 9.17) is 27.9 Å². The average Bonchev–Trinajstić information content (AvgIpc) is 3.25. The molecule has 1 aromatic rings. The van der Waals surface area contributed by atoms with Crippen LogP contribution in [0.1, 0.15) is 39.2 Å². The van der Waals surface area contributed by atoms with Gasteiger partial charge in [-0.3, -0.25) is 0 Å². The Bertz CT molecular complexity index is 554. The van der Waals surface area contributed by atoms with Gasteiger partial charge in [-0.05, 0) is 45.2 Å². The van der Waals surface area contributed by atoms with Gasteiger partial charge in [-0.15, -0.1) is 0 Å². The maximum atomic E-state index is 12.2. The number of rotatable bonds is 6. The number of carbonyl (C=O) groups excluding carboxylic acids is 1. The molecule has 128 valence electrons. The summed E-state index contributed by atoms with van der Waals surface area (Å²) in [5.74, 6) is 0. The number of carbonyl (C=O) groups is 1. The highest BCUT2D eigenvalue weighted by molar-refractivity contribution is 6.42. The van der Waals surface area contributed by atoms with E-state index in [9.17, 15) is 4.79 Å². The molecule has 4 nitrogen and oxygen atoms in total. The van der Waals surface area contributed by atoms with Crippen molar-refractivity contribution in [3.8, 4) is 0 Å². The van der Waals surface area contributed by atoms with Gasteiger partial charge in [0, 0.05) is 25.7 Å². The van der Waals surface area contributed by atoms with Crippen molar-refractivity contribution in [2.24, 2.45) is 0 Å². The Morgan fingerprint density at radius 1 is 1.35 bits per heavy atom. The number of halogens is 2. The van der Waals surface area contributed by atoms with Gasteiger partial charge in [0.15, 0.2) is 0 Å². The van der Waals surface area contributed by atoms with E-state index in [1.54, 1.807) is 6.07 Å². The van der Waals surface area contributed by atoms with E-state index in [1.165, 1.54) is 0 Å². The lowest BCUT2D eigenvalue weighted by Crippen LogP contribution is -2.41. The van der Waals surface area contributed by atoms with Gasteiger partial charge in [0.2, 0.25) is 0 Å². The minimum atomic E-state index is -0.466. The van der Waals surface area contributed by atoms with Crippen LogP contribution >= 0.6 is 23.2 Å². The zero-order chi connectivity index (χ0) is 17.0. The smallest absolute Gasteiger partial charge is 0.410 e. The van der Waals surface area contributed by atoms with Gasteiger partial charge in [0.05, 0.1) is 10.0 Å². The van der Waals surface area contributed by atoms with E-state index in [0.717, 1.165) is 18.4 Å². The molecule has 1 amide bonds. The number of hydrogen-bond donors (Lipinski definition) is 1. The second-order valence-electron chi connectivity index (χ2n) is 6.79. The fourth-order valence-corrected chi connectivity index (χ4v) is 2.62. The monoisotopic (exact) mass is 358 g/mol. The van der Waals surface area contributed by atoms with Gasteiger partial charge in [-0.2, -0.15) is 0 Å². The molecule has 0 bridgehead atoms. The predicted octanol–water partition coefficient (Wildman–Crippen LogP) is 4.48.